The van der Waals surface area contributed by atoms with E-state index in [2.05, 4.69) is 0 Å². The van der Waals surface area contributed by atoms with Crippen molar-refractivity contribution in [3.8, 4) is 0 Å². The fourth-order valence-corrected chi connectivity index (χ4v) is 12.0. The number of nitrogens with zero attached hydrogens (tertiary/aromatic N) is 2. The lowest BCUT2D eigenvalue weighted by atomic mass is 9.68. The number of ketones is 3. The van der Waals surface area contributed by atoms with Crippen LogP contribution in [0.1, 0.15) is 131 Å². The number of fused-ring (bicyclic) bond motifs is 4. The molecule has 15 atom stereocenters. The number of Topliss-reactive ketones (excluding diaryl/α,β-unsaturated/α-hetero) is 3. The Labute approximate surface area is 420 Å². The van der Waals surface area contributed by atoms with Gasteiger partial charge in [-0.15, -0.1) is 0 Å². The standard InChI is InChI=1S/C55H82N2O14/c1-32-13-10-9-11-14-33(2)27-35(4)48(60)50(68-8)49(61)36(5)28-34(3)43(59)31-45-42(29-38-18-21-44(46(30-38)67-7)70-54(65)56-25-22-39(58)23-26-56)41-15-12-24-57(47(41)53(64)69-45)52(63)51(62)55(66)37(6)17-20-40(71-55)19-16-32/h9-11,13-14,28,33-35,37-42,44-47,49-50,58,61,66H,12,15-27,29-31H2,1-8H3/b10-9+,14-11+,32-13+,36-28+/t33-,34-,35?,37?,38?,40-,41?,42+,44-,45+,46?,47?,49?,50+,55?/m1/s1. The van der Waals surface area contributed by atoms with Gasteiger partial charge in [-0.05, 0) is 121 Å². The summed E-state index contributed by atoms with van der Waals surface area (Å²) in [5.41, 5.74) is 1.44. The van der Waals surface area contributed by atoms with Crippen molar-refractivity contribution < 1.29 is 67.8 Å². The van der Waals surface area contributed by atoms with Crippen molar-refractivity contribution in [3.05, 3.63) is 47.6 Å². The quantitative estimate of drug-likeness (QED) is 0.155. The van der Waals surface area contributed by atoms with E-state index in [9.17, 15) is 44.1 Å². The van der Waals surface area contributed by atoms with Crippen LogP contribution in [0.5, 0.6) is 0 Å². The molecule has 5 heterocycles. The van der Waals surface area contributed by atoms with Crippen LogP contribution in [0.4, 0.5) is 4.79 Å². The highest BCUT2D eigenvalue weighted by molar-refractivity contribution is 6.39. The Bertz CT molecular complexity index is 2020. The van der Waals surface area contributed by atoms with E-state index in [4.69, 9.17) is 23.7 Å². The van der Waals surface area contributed by atoms with Crippen LogP contribution in [0, 0.1) is 41.4 Å². The first-order chi connectivity index (χ1) is 33.8. The van der Waals surface area contributed by atoms with Gasteiger partial charge in [0.15, 0.2) is 5.78 Å². The SMILES string of the molecule is COC1CC(C[C@H]2C3CCCN4C(=O)C(=O)C5(O)O[C@H](CC/C(C)=C/C=C/C=C/[C@@H](C)CC(C)C(=O)[C@H](OC)C(O)/C(C)=C/[C@@H](C)C(=O)C[C@@H]2OC(=O)C34)CCC5C)CC[C@H]1OC(=O)N1CCC(O)CC1. The zero-order valence-electron chi connectivity index (χ0n) is 43.4. The molecule has 396 valence electrons. The third-order valence-corrected chi connectivity index (χ3v) is 16.5. The van der Waals surface area contributed by atoms with Crippen LogP contribution in [-0.4, -0.2) is 149 Å². The van der Waals surface area contributed by atoms with E-state index in [0.717, 1.165) is 5.57 Å². The summed E-state index contributed by atoms with van der Waals surface area (Å²) < 4.78 is 30.0. The van der Waals surface area contributed by atoms with E-state index in [-0.39, 0.29) is 36.4 Å². The summed E-state index contributed by atoms with van der Waals surface area (Å²) in [7, 11) is 2.96. The topological polar surface area (TPSA) is 216 Å². The second-order valence-corrected chi connectivity index (χ2v) is 21.8. The van der Waals surface area contributed by atoms with Gasteiger partial charge in [0.05, 0.1) is 18.3 Å². The van der Waals surface area contributed by atoms with Gasteiger partial charge in [-0.25, -0.2) is 9.59 Å². The largest absolute Gasteiger partial charge is 0.460 e. The predicted octanol–water partition coefficient (Wildman–Crippen LogP) is 6.38. The highest BCUT2D eigenvalue weighted by atomic mass is 16.6. The molecule has 16 heteroatoms. The van der Waals surface area contributed by atoms with E-state index in [0.29, 0.717) is 102 Å². The first-order valence-corrected chi connectivity index (χ1v) is 26.3. The number of aliphatic hydroxyl groups is 3. The van der Waals surface area contributed by atoms with Crippen molar-refractivity contribution in [2.24, 2.45) is 41.4 Å². The minimum atomic E-state index is -2.40. The number of esters is 1. The maximum absolute atomic E-state index is 14.5. The van der Waals surface area contributed by atoms with Gasteiger partial charge in [0.1, 0.15) is 36.2 Å². The molecule has 6 rings (SSSR count). The van der Waals surface area contributed by atoms with E-state index in [1.54, 1.807) is 38.9 Å². The first kappa shape index (κ1) is 56.2. The monoisotopic (exact) mass is 995 g/mol. The van der Waals surface area contributed by atoms with Gasteiger partial charge in [-0.1, -0.05) is 69.7 Å². The lowest BCUT2D eigenvalue weighted by Gasteiger charge is -2.50. The molecule has 6 aliphatic rings. The Kier molecular flexibility index (Phi) is 20.0. The van der Waals surface area contributed by atoms with E-state index < -0.39 is 108 Å². The number of allylic oxidation sites excluding steroid dienone is 7. The van der Waals surface area contributed by atoms with Crippen molar-refractivity contribution >= 4 is 35.3 Å². The molecule has 0 spiro atoms. The fourth-order valence-electron chi connectivity index (χ4n) is 12.0. The fraction of sp³-hybridized carbons (Fsp3) is 0.745. The molecule has 1 saturated carbocycles. The average Bonchev–Trinajstić information content (AvgIpc) is 3.34. The van der Waals surface area contributed by atoms with Gasteiger partial charge >= 0.3 is 12.1 Å². The highest BCUT2D eigenvalue weighted by Crippen LogP contribution is 2.46. The molecule has 1 aliphatic carbocycles. The van der Waals surface area contributed by atoms with E-state index >= 15 is 0 Å². The lowest BCUT2D eigenvalue weighted by molar-refractivity contribution is -0.263. The second-order valence-electron chi connectivity index (χ2n) is 21.8. The van der Waals surface area contributed by atoms with Crippen molar-refractivity contribution in [2.45, 2.75) is 186 Å². The minimum Gasteiger partial charge on any atom is -0.460 e. The molecule has 3 N–H and O–H groups in total. The van der Waals surface area contributed by atoms with E-state index in [1.165, 1.54) is 12.0 Å². The Morgan fingerprint density at radius 1 is 0.845 bits per heavy atom. The summed E-state index contributed by atoms with van der Waals surface area (Å²) >= 11 is 0. The Morgan fingerprint density at radius 2 is 1.58 bits per heavy atom. The van der Waals surface area contributed by atoms with Gasteiger partial charge in [0.25, 0.3) is 11.7 Å². The summed E-state index contributed by atoms with van der Waals surface area (Å²) in [6, 6.07) is -1.15. The number of carbonyl (C=O) groups excluding carboxylic acids is 6. The first-order valence-electron chi connectivity index (χ1n) is 26.3. The molecule has 2 amide bonds. The third kappa shape index (κ3) is 13.8. The molecule has 4 bridgehead atoms. The Morgan fingerprint density at radius 3 is 2.28 bits per heavy atom. The summed E-state index contributed by atoms with van der Waals surface area (Å²) in [5, 5.41) is 33.5. The molecule has 0 radical (unpaired) electrons. The average molecular weight is 995 g/mol. The van der Waals surface area contributed by atoms with Crippen LogP contribution in [0.2, 0.25) is 0 Å². The second kappa shape index (κ2) is 25.3. The van der Waals surface area contributed by atoms with Crippen LogP contribution in [0.15, 0.2) is 47.6 Å². The zero-order chi connectivity index (χ0) is 51.7. The number of methoxy groups -OCH3 is 2. The minimum absolute atomic E-state index is 0.0190. The van der Waals surface area contributed by atoms with Gasteiger partial charge in [-0.3, -0.25) is 19.2 Å². The molecular weight excluding hydrogens is 913 g/mol. The van der Waals surface area contributed by atoms with Crippen molar-refractivity contribution in [1.82, 2.24) is 9.80 Å². The molecule has 0 aromatic heterocycles. The molecule has 4 saturated heterocycles. The van der Waals surface area contributed by atoms with E-state index in [1.807, 2.05) is 51.2 Å². The van der Waals surface area contributed by atoms with Gasteiger partial charge < -0.3 is 48.8 Å². The van der Waals surface area contributed by atoms with Crippen molar-refractivity contribution in [2.75, 3.05) is 33.9 Å². The number of hydrogen-bond acceptors (Lipinski definition) is 14. The number of hydrogen-bond donors (Lipinski definition) is 3. The summed E-state index contributed by atoms with van der Waals surface area (Å²) in [6.45, 7) is 11.8. The smallest absolute Gasteiger partial charge is 0.410 e. The molecule has 5 aliphatic heterocycles. The van der Waals surface area contributed by atoms with Crippen molar-refractivity contribution in [1.29, 1.82) is 0 Å². The van der Waals surface area contributed by atoms with Gasteiger partial charge in [0.2, 0.25) is 5.79 Å². The van der Waals surface area contributed by atoms with Crippen LogP contribution in [0.25, 0.3) is 0 Å². The number of amides is 2. The van der Waals surface area contributed by atoms with Gasteiger partial charge in [-0.2, -0.15) is 0 Å². The third-order valence-electron chi connectivity index (χ3n) is 16.5. The number of carbonyl (C=O) groups is 6. The van der Waals surface area contributed by atoms with Gasteiger partial charge in [0, 0.05) is 63.9 Å². The number of rotatable bonds is 5. The number of ether oxygens (including phenoxy) is 5. The number of aliphatic hydroxyl groups excluding tert-OH is 2. The van der Waals surface area contributed by atoms with Crippen LogP contribution in [0.3, 0.4) is 0 Å². The maximum Gasteiger partial charge on any atom is 0.410 e. The predicted molar refractivity (Wildman–Crippen MR) is 263 cm³/mol. The molecule has 5 fully saturated rings. The number of piperidine rings is 2. The summed E-state index contributed by atoms with van der Waals surface area (Å²) in [6.07, 6.45) is 12.3. The number of likely N-dealkylation sites (tertiary alicyclic amines) is 1. The molecule has 8 unspecified atom stereocenters. The summed E-state index contributed by atoms with van der Waals surface area (Å²) in [5.74, 6) is -8.55. The van der Waals surface area contributed by atoms with Crippen LogP contribution >= 0.6 is 0 Å². The molecular formula is C55H82N2O14. The molecule has 0 aromatic carbocycles. The molecule has 16 nitrogen and oxygen atoms in total. The Balaban J connectivity index is 1.29. The molecule has 0 aromatic rings. The van der Waals surface area contributed by atoms with Crippen molar-refractivity contribution in [3.63, 3.8) is 0 Å². The lowest BCUT2D eigenvalue weighted by Crippen LogP contribution is -2.65. The van der Waals surface area contributed by atoms with Crippen LogP contribution in [-0.2, 0) is 47.7 Å². The highest BCUT2D eigenvalue weighted by Gasteiger charge is 2.57. The normalized spacial score (nSPS) is 40.5. The maximum atomic E-state index is 14.5. The molecule has 71 heavy (non-hydrogen) atoms. The zero-order valence-corrected chi connectivity index (χ0v) is 43.4. The van der Waals surface area contributed by atoms with Crippen LogP contribution < -0.4 is 0 Å². The summed E-state index contributed by atoms with van der Waals surface area (Å²) in [4.78, 5) is 87.4. The Hall–Kier alpha value is -4.06.